The van der Waals surface area contributed by atoms with Crippen LogP contribution in [0.5, 0.6) is 0 Å². The fourth-order valence-electron chi connectivity index (χ4n) is 2.13. The van der Waals surface area contributed by atoms with Gasteiger partial charge in [0.2, 0.25) is 5.91 Å². The molecule has 7 heteroatoms. The van der Waals surface area contributed by atoms with Crippen molar-refractivity contribution in [1.82, 2.24) is 5.32 Å². The van der Waals surface area contributed by atoms with Crippen molar-refractivity contribution in [2.45, 2.75) is 20.4 Å². The summed E-state index contributed by atoms with van der Waals surface area (Å²) in [5.74, 6) is -0.420. The van der Waals surface area contributed by atoms with Crippen molar-refractivity contribution in [1.29, 1.82) is 0 Å². The number of anilines is 1. The minimum atomic E-state index is -0.289. The summed E-state index contributed by atoms with van der Waals surface area (Å²) < 4.78 is 0. The maximum atomic E-state index is 11.8. The van der Waals surface area contributed by atoms with Crippen LogP contribution in [0.2, 0.25) is 5.02 Å². The Morgan fingerprint density at radius 1 is 1.08 bits per heavy atom. The zero-order valence-corrected chi connectivity index (χ0v) is 15.3. The third-order valence-corrected chi connectivity index (χ3v) is 3.82. The smallest absolute Gasteiger partial charge is 0.261 e. The topological polar surface area (TPSA) is 79.8 Å². The molecule has 136 valence electrons. The number of nitrogens with one attached hydrogen (secondary N) is 2. The van der Waals surface area contributed by atoms with Gasteiger partial charge in [-0.3, -0.25) is 9.59 Å². The lowest BCUT2D eigenvalue weighted by Crippen LogP contribution is -2.26. The fraction of sp³-hybridized carbons (Fsp3) is 0.211. The second kappa shape index (κ2) is 9.58. The van der Waals surface area contributed by atoms with Crippen molar-refractivity contribution in [3.63, 3.8) is 0 Å². The van der Waals surface area contributed by atoms with Gasteiger partial charge in [0.25, 0.3) is 5.91 Å². The maximum absolute atomic E-state index is 11.8. The third kappa shape index (κ3) is 6.22. The first-order chi connectivity index (χ1) is 12.5. The predicted molar refractivity (Wildman–Crippen MR) is 102 cm³/mol. The Morgan fingerprint density at radius 3 is 2.42 bits per heavy atom. The highest BCUT2D eigenvalue weighted by Gasteiger charge is 2.05. The molecule has 0 aromatic heterocycles. The lowest BCUT2D eigenvalue weighted by Gasteiger charge is -2.07. The molecule has 0 atom stereocenters. The lowest BCUT2D eigenvalue weighted by molar-refractivity contribution is -0.125. The van der Waals surface area contributed by atoms with E-state index in [2.05, 4.69) is 15.8 Å². The number of benzene rings is 2. The molecule has 2 rings (SSSR count). The molecule has 0 bridgehead atoms. The van der Waals surface area contributed by atoms with E-state index in [1.54, 1.807) is 25.1 Å². The van der Waals surface area contributed by atoms with Gasteiger partial charge in [-0.25, -0.2) is 0 Å². The summed E-state index contributed by atoms with van der Waals surface area (Å²) in [4.78, 5) is 27.9. The summed E-state index contributed by atoms with van der Waals surface area (Å²) in [6.07, 6.45) is 0. The van der Waals surface area contributed by atoms with Crippen molar-refractivity contribution in [2.24, 2.45) is 5.16 Å². The molecule has 0 heterocycles. The Bertz CT molecular complexity index is 804. The van der Waals surface area contributed by atoms with Gasteiger partial charge in [-0.05, 0) is 36.2 Å². The van der Waals surface area contributed by atoms with Crippen LogP contribution < -0.4 is 10.6 Å². The van der Waals surface area contributed by atoms with Crippen LogP contribution in [0.25, 0.3) is 0 Å². The van der Waals surface area contributed by atoms with Gasteiger partial charge in [-0.1, -0.05) is 47.1 Å². The molecule has 0 unspecified atom stereocenters. The molecule has 0 aliphatic rings. The van der Waals surface area contributed by atoms with E-state index in [4.69, 9.17) is 16.4 Å². The number of carbonyl (C=O) groups excluding carboxylic acids is 2. The van der Waals surface area contributed by atoms with Crippen LogP contribution in [0.1, 0.15) is 25.0 Å². The third-order valence-electron chi connectivity index (χ3n) is 3.45. The second-order valence-electron chi connectivity index (χ2n) is 5.58. The second-order valence-corrected chi connectivity index (χ2v) is 5.98. The Balaban J connectivity index is 1.80. The number of nitrogens with zero attached hydrogens (tertiary/aromatic N) is 1. The minimum absolute atomic E-state index is 0.130. The number of halogens is 1. The summed E-state index contributed by atoms with van der Waals surface area (Å²) in [6, 6.07) is 14.5. The van der Waals surface area contributed by atoms with E-state index < -0.39 is 0 Å². The fourth-order valence-corrected chi connectivity index (χ4v) is 2.33. The van der Waals surface area contributed by atoms with Gasteiger partial charge < -0.3 is 15.5 Å². The van der Waals surface area contributed by atoms with Gasteiger partial charge >= 0.3 is 0 Å². The molecular formula is C19H20ClN3O3. The average Bonchev–Trinajstić information content (AvgIpc) is 2.61. The van der Waals surface area contributed by atoms with E-state index in [9.17, 15) is 9.59 Å². The van der Waals surface area contributed by atoms with Crippen LogP contribution in [-0.2, 0) is 21.0 Å². The monoisotopic (exact) mass is 373 g/mol. The summed E-state index contributed by atoms with van der Waals surface area (Å²) in [5.41, 5.74) is 2.99. The van der Waals surface area contributed by atoms with Gasteiger partial charge in [0.1, 0.15) is 0 Å². The van der Waals surface area contributed by atoms with Crippen molar-refractivity contribution in [3.05, 3.63) is 64.7 Å². The molecule has 6 nitrogen and oxygen atoms in total. The number of carbonyl (C=O) groups is 2. The van der Waals surface area contributed by atoms with Crippen molar-refractivity contribution in [2.75, 3.05) is 11.9 Å². The van der Waals surface area contributed by atoms with E-state index in [-0.39, 0.29) is 18.4 Å². The number of rotatable bonds is 7. The molecule has 2 N–H and O–H groups in total. The van der Waals surface area contributed by atoms with Gasteiger partial charge in [-0.2, -0.15) is 0 Å². The normalized spacial score (nSPS) is 11.0. The van der Waals surface area contributed by atoms with Crippen LogP contribution in [-0.4, -0.2) is 24.1 Å². The minimum Gasteiger partial charge on any atom is -0.385 e. The van der Waals surface area contributed by atoms with E-state index in [0.29, 0.717) is 23.0 Å². The number of hydrogen-bond donors (Lipinski definition) is 2. The molecule has 2 amide bonds. The van der Waals surface area contributed by atoms with Gasteiger partial charge in [0.05, 0.1) is 5.71 Å². The Kier molecular flexibility index (Phi) is 7.17. The first-order valence-corrected chi connectivity index (χ1v) is 8.38. The molecule has 0 aliphatic carbocycles. The van der Waals surface area contributed by atoms with Crippen LogP contribution in [0, 0.1) is 0 Å². The summed E-state index contributed by atoms with van der Waals surface area (Å²) in [5, 5.41) is 9.95. The van der Waals surface area contributed by atoms with Gasteiger partial charge in [0.15, 0.2) is 6.61 Å². The SMILES string of the molecule is CC(=O)Nc1ccc(/C(C)=N/OCC(=O)NCc2ccccc2Cl)cc1. The quantitative estimate of drug-likeness (QED) is 0.577. The lowest BCUT2D eigenvalue weighted by atomic mass is 10.1. The molecular weight excluding hydrogens is 354 g/mol. The van der Waals surface area contributed by atoms with Crippen molar-refractivity contribution >= 4 is 34.8 Å². The summed E-state index contributed by atoms with van der Waals surface area (Å²) >= 11 is 6.03. The standard InChI is InChI=1S/C19H20ClN3O3/c1-13(15-7-9-17(10-8-15)22-14(2)24)23-26-12-19(25)21-11-16-5-3-4-6-18(16)20/h3-10H,11-12H2,1-2H3,(H,21,25)(H,22,24)/b23-13+. The van der Waals surface area contributed by atoms with E-state index in [1.807, 2.05) is 30.3 Å². The number of amides is 2. The number of oxime groups is 1. The molecule has 0 radical (unpaired) electrons. The highest BCUT2D eigenvalue weighted by Crippen LogP contribution is 2.14. The van der Waals surface area contributed by atoms with Crippen LogP contribution in [0.15, 0.2) is 53.7 Å². The van der Waals surface area contributed by atoms with Gasteiger partial charge in [0, 0.05) is 24.2 Å². The van der Waals surface area contributed by atoms with Crippen LogP contribution in [0.4, 0.5) is 5.69 Å². The van der Waals surface area contributed by atoms with Crippen LogP contribution >= 0.6 is 11.6 Å². The highest BCUT2D eigenvalue weighted by atomic mass is 35.5. The molecule has 26 heavy (non-hydrogen) atoms. The first-order valence-electron chi connectivity index (χ1n) is 8.00. The zero-order chi connectivity index (χ0) is 18.9. The zero-order valence-electron chi connectivity index (χ0n) is 14.6. The summed E-state index contributed by atoms with van der Waals surface area (Å²) in [7, 11) is 0. The maximum Gasteiger partial charge on any atom is 0.261 e. The average molecular weight is 374 g/mol. The molecule has 0 saturated carbocycles. The number of hydrogen-bond acceptors (Lipinski definition) is 4. The van der Waals surface area contributed by atoms with Gasteiger partial charge in [-0.15, -0.1) is 0 Å². The molecule has 0 aliphatic heterocycles. The molecule has 2 aromatic carbocycles. The molecule has 0 saturated heterocycles. The highest BCUT2D eigenvalue weighted by molar-refractivity contribution is 6.31. The largest absolute Gasteiger partial charge is 0.385 e. The Hall–Kier alpha value is -2.86. The van der Waals surface area contributed by atoms with Crippen molar-refractivity contribution < 1.29 is 14.4 Å². The molecule has 0 spiro atoms. The van der Waals surface area contributed by atoms with E-state index in [1.165, 1.54) is 6.92 Å². The molecule has 0 fully saturated rings. The Morgan fingerprint density at radius 2 is 1.77 bits per heavy atom. The van der Waals surface area contributed by atoms with Crippen molar-refractivity contribution in [3.8, 4) is 0 Å². The summed E-state index contributed by atoms with van der Waals surface area (Å²) in [6.45, 7) is 3.36. The van der Waals surface area contributed by atoms with E-state index >= 15 is 0 Å². The predicted octanol–water partition coefficient (Wildman–Crippen LogP) is 3.36. The van der Waals surface area contributed by atoms with E-state index in [0.717, 1.165) is 11.1 Å². The first kappa shape index (κ1) is 19.5. The van der Waals surface area contributed by atoms with Crippen LogP contribution in [0.3, 0.4) is 0 Å². The Labute approximate surface area is 157 Å². The molecule has 2 aromatic rings.